The summed E-state index contributed by atoms with van der Waals surface area (Å²) in [5, 5.41) is 0. The fourth-order valence-corrected chi connectivity index (χ4v) is 3.12. The molecule has 1 fully saturated rings. The van der Waals surface area contributed by atoms with Gasteiger partial charge in [0.1, 0.15) is 30.1 Å². The van der Waals surface area contributed by atoms with Crippen molar-refractivity contribution in [3.63, 3.8) is 0 Å². The number of hydrogen-bond acceptors (Lipinski definition) is 4. The molecule has 2 heterocycles. The summed E-state index contributed by atoms with van der Waals surface area (Å²) >= 11 is 0. The van der Waals surface area contributed by atoms with Crippen molar-refractivity contribution in [2.24, 2.45) is 0 Å². The van der Waals surface area contributed by atoms with E-state index >= 15 is 0 Å². The number of rotatable bonds is 4. The van der Waals surface area contributed by atoms with E-state index in [0.717, 1.165) is 24.8 Å². The molecule has 25 heavy (non-hydrogen) atoms. The van der Waals surface area contributed by atoms with Crippen LogP contribution < -0.4 is 4.74 Å². The fraction of sp³-hybridized carbons (Fsp3) is 0.263. The van der Waals surface area contributed by atoms with E-state index in [0.29, 0.717) is 5.75 Å². The minimum Gasteiger partial charge on any atom is -0.486 e. The average Bonchev–Trinajstić information content (AvgIpc) is 3.23. The van der Waals surface area contributed by atoms with Gasteiger partial charge in [0.05, 0.1) is 0 Å². The summed E-state index contributed by atoms with van der Waals surface area (Å²) in [4.78, 5) is 16.5. The lowest BCUT2D eigenvalue weighted by Crippen LogP contribution is -2.31. The van der Waals surface area contributed by atoms with Gasteiger partial charge in [0.15, 0.2) is 5.69 Å². The lowest BCUT2D eigenvalue weighted by atomic mass is 10.2. The van der Waals surface area contributed by atoms with Crippen LogP contribution in [0.15, 0.2) is 55.0 Å². The molecule has 2 atom stereocenters. The number of fused-ring (bicyclic) bond motifs is 1. The van der Waals surface area contributed by atoms with Crippen molar-refractivity contribution in [2.45, 2.75) is 31.5 Å². The van der Waals surface area contributed by atoms with Gasteiger partial charge in [-0.3, -0.25) is 0 Å². The lowest BCUT2D eigenvalue weighted by Gasteiger charge is -2.21. The van der Waals surface area contributed by atoms with Gasteiger partial charge in [0.2, 0.25) is 0 Å². The van der Waals surface area contributed by atoms with Crippen molar-refractivity contribution in [2.75, 3.05) is 0 Å². The second kappa shape index (κ2) is 6.55. The molecule has 5 nitrogen and oxygen atoms in total. The Morgan fingerprint density at radius 2 is 2.04 bits per heavy atom. The van der Waals surface area contributed by atoms with E-state index in [1.54, 1.807) is 24.5 Å². The van der Waals surface area contributed by atoms with Gasteiger partial charge < -0.3 is 13.9 Å². The van der Waals surface area contributed by atoms with Crippen LogP contribution in [-0.2, 0) is 4.74 Å². The van der Waals surface area contributed by atoms with E-state index in [2.05, 4.69) is 4.98 Å². The second-order valence-electron chi connectivity index (χ2n) is 6.10. The molecule has 0 bridgehead atoms. The van der Waals surface area contributed by atoms with Crippen molar-refractivity contribution in [1.82, 2.24) is 9.38 Å². The molecule has 6 heteroatoms. The Balaban J connectivity index is 1.46. The standard InChI is InChI=1S/C19H17FN2O3/c20-13-4-1-6-15(10-13)24-17-7-2-8-18(17)25-19(23)16-11-14-5-3-9-22(14)12-21-16/h1,3-6,9-12,17-18H,2,7-8H2. The van der Waals surface area contributed by atoms with Gasteiger partial charge in [0, 0.05) is 17.8 Å². The molecular formula is C19H17FN2O3. The van der Waals surface area contributed by atoms with Gasteiger partial charge in [-0.15, -0.1) is 0 Å². The van der Waals surface area contributed by atoms with Gasteiger partial charge in [-0.1, -0.05) is 6.07 Å². The quantitative estimate of drug-likeness (QED) is 0.681. The zero-order chi connectivity index (χ0) is 17.2. The monoisotopic (exact) mass is 340 g/mol. The molecule has 1 aliphatic rings. The molecule has 2 unspecified atom stereocenters. The minimum atomic E-state index is -0.469. The predicted octanol–water partition coefficient (Wildman–Crippen LogP) is 3.63. The Kier molecular flexibility index (Phi) is 4.09. The number of ether oxygens (including phenoxy) is 2. The number of esters is 1. The Labute approximate surface area is 144 Å². The molecule has 0 spiro atoms. The maximum atomic E-state index is 13.3. The Hall–Kier alpha value is -2.89. The van der Waals surface area contributed by atoms with Gasteiger partial charge in [0.25, 0.3) is 0 Å². The fourth-order valence-electron chi connectivity index (χ4n) is 3.12. The predicted molar refractivity (Wildman–Crippen MR) is 89.1 cm³/mol. The third kappa shape index (κ3) is 3.33. The normalized spacial score (nSPS) is 19.9. The summed E-state index contributed by atoms with van der Waals surface area (Å²) in [6, 6.07) is 11.5. The molecule has 0 radical (unpaired) electrons. The third-order valence-electron chi connectivity index (χ3n) is 4.36. The van der Waals surface area contributed by atoms with Crippen molar-refractivity contribution < 1.29 is 18.7 Å². The number of halogens is 1. The Morgan fingerprint density at radius 3 is 2.92 bits per heavy atom. The van der Waals surface area contributed by atoms with Crippen LogP contribution in [0.1, 0.15) is 29.8 Å². The van der Waals surface area contributed by atoms with Crippen LogP contribution in [0.4, 0.5) is 4.39 Å². The topological polar surface area (TPSA) is 52.8 Å². The smallest absolute Gasteiger partial charge is 0.357 e. The van der Waals surface area contributed by atoms with Crippen LogP contribution in [0.5, 0.6) is 5.75 Å². The van der Waals surface area contributed by atoms with Crippen LogP contribution in [0, 0.1) is 5.82 Å². The highest BCUT2D eigenvalue weighted by atomic mass is 19.1. The largest absolute Gasteiger partial charge is 0.486 e. The van der Waals surface area contributed by atoms with Crippen LogP contribution >= 0.6 is 0 Å². The number of carbonyl (C=O) groups is 1. The summed E-state index contributed by atoms with van der Waals surface area (Å²) in [5.74, 6) is -0.377. The third-order valence-corrected chi connectivity index (χ3v) is 4.36. The molecule has 3 aromatic rings. The molecule has 2 aromatic heterocycles. The second-order valence-corrected chi connectivity index (χ2v) is 6.10. The van der Waals surface area contributed by atoms with Crippen LogP contribution in [0.3, 0.4) is 0 Å². The number of hydrogen-bond donors (Lipinski definition) is 0. The molecule has 1 aromatic carbocycles. The zero-order valence-electron chi connectivity index (χ0n) is 13.5. The van der Waals surface area contributed by atoms with Crippen molar-refractivity contribution in [1.29, 1.82) is 0 Å². The van der Waals surface area contributed by atoms with Crippen molar-refractivity contribution >= 4 is 11.5 Å². The molecule has 4 rings (SSSR count). The van der Waals surface area contributed by atoms with Gasteiger partial charge in [-0.25, -0.2) is 14.2 Å². The Morgan fingerprint density at radius 1 is 1.16 bits per heavy atom. The first-order chi connectivity index (χ1) is 12.2. The van der Waals surface area contributed by atoms with E-state index in [9.17, 15) is 9.18 Å². The first-order valence-corrected chi connectivity index (χ1v) is 8.25. The number of nitrogens with zero attached hydrogens (tertiary/aromatic N) is 2. The molecule has 0 saturated heterocycles. The zero-order valence-corrected chi connectivity index (χ0v) is 13.5. The number of aromatic nitrogens is 2. The highest BCUT2D eigenvalue weighted by molar-refractivity contribution is 5.88. The van der Waals surface area contributed by atoms with Crippen molar-refractivity contribution in [3.8, 4) is 5.75 Å². The van der Waals surface area contributed by atoms with E-state index < -0.39 is 5.97 Å². The first-order valence-electron chi connectivity index (χ1n) is 8.25. The van der Waals surface area contributed by atoms with Crippen LogP contribution in [-0.4, -0.2) is 27.6 Å². The van der Waals surface area contributed by atoms with Crippen molar-refractivity contribution in [3.05, 3.63) is 66.5 Å². The molecular weight excluding hydrogens is 323 g/mol. The SMILES string of the molecule is O=C(OC1CCCC1Oc1cccc(F)c1)c1cc2cccn2cn1. The summed E-state index contributed by atoms with van der Waals surface area (Å²) < 4.78 is 26.5. The van der Waals surface area contributed by atoms with Crippen LogP contribution in [0.2, 0.25) is 0 Å². The van der Waals surface area contributed by atoms with Gasteiger partial charge in [-0.05, 0) is 49.6 Å². The maximum absolute atomic E-state index is 13.3. The molecule has 0 aliphatic heterocycles. The van der Waals surface area contributed by atoms with E-state index in [-0.39, 0.29) is 23.7 Å². The Bertz CT molecular complexity index is 908. The maximum Gasteiger partial charge on any atom is 0.357 e. The number of carbonyl (C=O) groups excluding carboxylic acids is 1. The van der Waals surface area contributed by atoms with Crippen LogP contribution in [0.25, 0.3) is 5.52 Å². The lowest BCUT2D eigenvalue weighted by molar-refractivity contribution is 0.00166. The van der Waals surface area contributed by atoms with E-state index in [1.807, 2.05) is 22.7 Å². The summed E-state index contributed by atoms with van der Waals surface area (Å²) in [6.07, 6.45) is 5.18. The van der Waals surface area contributed by atoms with E-state index in [4.69, 9.17) is 9.47 Å². The van der Waals surface area contributed by atoms with Gasteiger partial charge in [-0.2, -0.15) is 0 Å². The minimum absolute atomic E-state index is 0.266. The summed E-state index contributed by atoms with van der Waals surface area (Å²) in [6.45, 7) is 0. The highest BCUT2D eigenvalue weighted by Gasteiger charge is 2.33. The first kappa shape index (κ1) is 15.6. The van der Waals surface area contributed by atoms with E-state index in [1.165, 1.54) is 12.1 Å². The van der Waals surface area contributed by atoms with Gasteiger partial charge >= 0.3 is 5.97 Å². The molecule has 1 saturated carbocycles. The number of benzene rings is 1. The molecule has 0 amide bonds. The molecule has 0 N–H and O–H groups in total. The molecule has 1 aliphatic carbocycles. The molecule has 128 valence electrons. The highest BCUT2D eigenvalue weighted by Crippen LogP contribution is 2.28. The average molecular weight is 340 g/mol. The summed E-state index contributed by atoms with van der Waals surface area (Å²) in [7, 11) is 0. The summed E-state index contributed by atoms with van der Waals surface area (Å²) in [5.41, 5.74) is 1.14.